The van der Waals surface area contributed by atoms with E-state index in [2.05, 4.69) is 5.48 Å². The minimum Gasteiger partial charge on any atom is -0.493 e. The molecular formula is C18H23NO5. The van der Waals surface area contributed by atoms with Crippen molar-refractivity contribution >= 4 is 5.70 Å². The molecule has 6 nitrogen and oxygen atoms in total. The minimum atomic E-state index is -0.778. The zero-order valence-electron chi connectivity index (χ0n) is 13.8. The van der Waals surface area contributed by atoms with Crippen LogP contribution in [0.2, 0.25) is 0 Å². The van der Waals surface area contributed by atoms with Gasteiger partial charge in [0.15, 0.2) is 17.8 Å². The normalized spacial score (nSPS) is 29.8. The molecule has 1 saturated carbocycles. The Hall–Kier alpha value is -1.76. The molecule has 0 aromatic heterocycles. The lowest BCUT2D eigenvalue weighted by Crippen LogP contribution is -2.30. The molecule has 2 aliphatic heterocycles. The number of aliphatic hydroxyl groups is 1. The van der Waals surface area contributed by atoms with Gasteiger partial charge < -0.3 is 19.3 Å². The summed E-state index contributed by atoms with van der Waals surface area (Å²) in [4.78, 5) is 5.67. The van der Waals surface area contributed by atoms with E-state index in [9.17, 15) is 5.11 Å². The number of hydrogen-bond donors (Lipinski definition) is 2. The number of ether oxygens (including phenoxy) is 3. The SMILES string of the molecule is COc1ccc(C2=CC3(COC(O)C3)ON2)cc1OC1CCCC1. The summed E-state index contributed by atoms with van der Waals surface area (Å²) in [7, 11) is 1.65. The summed E-state index contributed by atoms with van der Waals surface area (Å²) < 4.78 is 16.8. The van der Waals surface area contributed by atoms with Crippen LogP contribution in [0.15, 0.2) is 24.3 Å². The second kappa shape index (κ2) is 6.27. The van der Waals surface area contributed by atoms with Gasteiger partial charge in [-0.15, -0.1) is 0 Å². The van der Waals surface area contributed by atoms with Crippen LogP contribution < -0.4 is 15.0 Å². The number of aliphatic hydroxyl groups excluding tert-OH is 1. The van der Waals surface area contributed by atoms with Crippen molar-refractivity contribution in [1.82, 2.24) is 5.48 Å². The lowest BCUT2D eigenvalue weighted by atomic mass is 10.00. The summed E-state index contributed by atoms with van der Waals surface area (Å²) in [5.74, 6) is 1.49. The average Bonchev–Trinajstić information content (AvgIpc) is 3.31. The van der Waals surface area contributed by atoms with Crippen molar-refractivity contribution in [1.29, 1.82) is 0 Å². The van der Waals surface area contributed by atoms with E-state index < -0.39 is 11.9 Å². The molecule has 0 bridgehead atoms. The molecule has 3 aliphatic rings. The van der Waals surface area contributed by atoms with Gasteiger partial charge in [0.1, 0.15) is 5.60 Å². The number of benzene rings is 1. The summed E-state index contributed by atoms with van der Waals surface area (Å²) >= 11 is 0. The Bertz CT molecular complexity index is 640. The number of rotatable bonds is 4. The van der Waals surface area contributed by atoms with Crippen LogP contribution in [-0.2, 0) is 9.57 Å². The third kappa shape index (κ3) is 2.97. The molecule has 2 unspecified atom stereocenters. The second-order valence-corrected chi connectivity index (χ2v) is 6.69. The predicted molar refractivity (Wildman–Crippen MR) is 87.4 cm³/mol. The zero-order valence-corrected chi connectivity index (χ0v) is 13.8. The van der Waals surface area contributed by atoms with Gasteiger partial charge >= 0.3 is 0 Å². The van der Waals surface area contributed by atoms with Crippen molar-refractivity contribution in [2.45, 2.75) is 50.1 Å². The van der Waals surface area contributed by atoms with Crippen molar-refractivity contribution in [3.8, 4) is 11.5 Å². The van der Waals surface area contributed by atoms with Crippen LogP contribution in [0.4, 0.5) is 0 Å². The summed E-state index contributed by atoms with van der Waals surface area (Å²) in [6.45, 7) is 0.340. The molecule has 1 spiro atoms. The molecule has 1 aromatic rings. The van der Waals surface area contributed by atoms with Gasteiger partial charge in [-0.3, -0.25) is 10.3 Å². The van der Waals surface area contributed by atoms with Crippen LogP contribution in [-0.4, -0.2) is 36.8 Å². The predicted octanol–water partition coefficient (Wildman–Crippen LogP) is 2.37. The van der Waals surface area contributed by atoms with Crippen LogP contribution in [0.25, 0.3) is 5.70 Å². The summed E-state index contributed by atoms with van der Waals surface area (Å²) in [5, 5.41) is 9.59. The van der Waals surface area contributed by atoms with Gasteiger partial charge in [-0.2, -0.15) is 0 Å². The number of nitrogens with one attached hydrogen (secondary N) is 1. The second-order valence-electron chi connectivity index (χ2n) is 6.69. The maximum atomic E-state index is 9.59. The molecule has 2 heterocycles. The first kappa shape index (κ1) is 15.7. The molecule has 130 valence electrons. The van der Waals surface area contributed by atoms with Crippen molar-refractivity contribution in [2.75, 3.05) is 13.7 Å². The van der Waals surface area contributed by atoms with Gasteiger partial charge in [0.25, 0.3) is 0 Å². The highest BCUT2D eigenvalue weighted by Gasteiger charge is 2.43. The Morgan fingerprint density at radius 2 is 2.08 bits per heavy atom. The molecule has 0 radical (unpaired) electrons. The number of hydrogen-bond acceptors (Lipinski definition) is 6. The fourth-order valence-corrected chi connectivity index (χ4v) is 3.57. The van der Waals surface area contributed by atoms with Crippen molar-refractivity contribution < 1.29 is 24.2 Å². The quantitative estimate of drug-likeness (QED) is 0.882. The molecular weight excluding hydrogens is 310 g/mol. The summed E-state index contributed by atoms with van der Waals surface area (Å²) in [5.41, 5.74) is 4.18. The van der Waals surface area contributed by atoms with Gasteiger partial charge in [-0.1, -0.05) is 0 Å². The van der Waals surface area contributed by atoms with E-state index >= 15 is 0 Å². The van der Waals surface area contributed by atoms with E-state index in [1.54, 1.807) is 7.11 Å². The lowest BCUT2D eigenvalue weighted by molar-refractivity contribution is -0.0643. The Morgan fingerprint density at radius 1 is 1.25 bits per heavy atom. The van der Waals surface area contributed by atoms with Gasteiger partial charge in [-0.25, -0.2) is 0 Å². The van der Waals surface area contributed by atoms with E-state index in [4.69, 9.17) is 19.0 Å². The maximum absolute atomic E-state index is 9.59. The minimum absolute atomic E-state index is 0.264. The van der Waals surface area contributed by atoms with Gasteiger partial charge in [0.05, 0.1) is 25.5 Å². The molecule has 0 amide bonds. The van der Waals surface area contributed by atoms with E-state index in [-0.39, 0.29) is 6.10 Å². The third-order valence-electron chi connectivity index (χ3n) is 4.88. The third-order valence-corrected chi connectivity index (χ3v) is 4.88. The smallest absolute Gasteiger partial charge is 0.162 e. The molecule has 4 rings (SSSR count). The van der Waals surface area contributed by atoms with E-state index in [1.165, 1.54) is 12.8 Å². The standard InChI is InChI=1S/C18H23NO5/c1-21-15-7-6-12(8-16(15)23-13-4-2-3-5-13)14-9-18(24-19-14)10-17(20)22-11-18/h6-9,13,17,19-20H,2-5,10-11H2,1H3. The Morgan fingerprint density at radius 3 is 2.79 bits per heavy atom. The van der Waals surface area contributed by atoms with E-state index in [0.29, 0.717) is 13.0 Å². The van der Waals surface area contributed by atoms with Crippen LogP contribution in [0.5, 0.6) is 11.5 Å². The topological polar surface area (TPSA) is 69.2 Å². The molecule has 24 heavy (non-hydrogen) atoms. The van der Waals surface area contributed by atoms with Crippen molar-refractivity contribution in [2.24, 2.45) is 0 Å². The molecule has 1 aromatic carbocycles. The summed E-state index contributed by atoms with van der Waals surface area (Å²) in [6, 6.07) is 5.85. The maximum Gasteiger partial charge on any atom is 0.162 e. The van der Waals surface area contributed by atoms with Crippen LogP contribution in [0, 0.1) is 0 Å². The van der Waals surface area contributed by atoms with Crippen LogP contribution in [0.1, 0.15) is 37.7 Å². The zero-order chi connectivity index (χ0) is 16.6. The molecule has 1 saturated heterocycles. The van der Waals surface area contributed by atoms with E-state index in [1.807, 2.05) is 24.3 Å². The van der Waals surface area contributed by atoms with Crippen LogP contribution in [0.3, 0.4) is 0 Å². The first-order valence-electron chi connectivity index (χ1n) is 8.49. The van der Waals surface area contributed by atoms with Gasteiger partial charge in [-0.05, 0) is 50.0 Å². The van der Waals surface area contributed by atoms with Gasteiger partial charge in [0.2, 0.25) is 0 Å². The Balaban J connectivity index is 1.58. The molecule has 2 N–H and O–H groups in total. The first-order valence-corrected chi connectivity index (χ1v) is 8.49. The number of methoxy groups -OCH3 is 1. The average molecular weight is 333 g/mol. The first-order chi connectivity index (χ1) is 11.7. The molecule has 2 fully saturated rings. The van der Waals surface area contributed by atoms with Gasteiger partial charge in [0, 0.05) is 12.0 Å². The fourth-order valence-electron chi connectivity index (χ4n) is 3.57. The highest BCUT2D eigenvalue weighted by atomic mass is 16.7. The Kier molecular flexibility index (Phi) is 4.12. The highest BCUT2D eigenvalue weighted by molar-refractivity contribution is 5.68. The lowest BCUT2D eigenvalue weighted by Gasteiger charge is -2.17. The van der Waals surface area contributed by atoms with E-state index in [0.717, 1.165) is 35.6 Å². The monoisotopic (exact) mass is 333 g/mol. The molecule has 2 atom stereocenters. The van der Waals surface area contributed by atoms with Crippen LogP contribution >= 0.6 is 0 Å². The molecule has 1 aliphatic carbocycles. The largest absolute Gasteiger partial charge is 0.493 e. The molecule has 6 heteroatoms. The number of hydroxylamine groups is 1. The Labute approximate surface area is 141 Å². The summed E-state index contributed by atoms with van der Waals surface area (Å²) in [6.07, 6.45) is 6.51. The van der Waals surface area contributed by atoms with Crippen molar-refractivity contribution in [3.05, 3.63) is 29.8 Å². The fraction of sp³-hybridized carbons (Fsp3) is 0.556. The van der Waals surface area contributed by atoms with Crippen molar-refractivity contribution in [3.63, 3.8) is 0 Å². The highest BCUT2D eigenvalue weighted by Crippen LogP contribution is 2.38.